The Labute approximate surface area is 118 Å². The van der Waals surface area contributed by atoms with Gasteiger partial charge >= 0.3 is 0 Å². The average Bonchev–Trinajstić information content (AvgIpc) is 2.68. The summed E-state index contributed by atoms with van der Waals surface area (Å²) in [5.74, 6) is -0.0994. The van der Waals surface area contributed by atoms with Crippen LogP contribution in [0.3, 0.4) is 0 Å². The van der Waals surface area contributed by atoms with Gasteiger partial charge in [-0.2, -0.15) is 0 Å². The fourth-order valence-corrected chi connectivity index (χ4v) is 3.85. The molecule has 0 atom stereocenters. The van der Waals surface area contributed by atoms with Crippen molar-refractivity contribution in [2.75, 3.05) is 11.4 Å². The lowest BCUT2D eigenvalue weighted by molar-refractivity contribution is -0.118. The Kier molecular flexibility index (Phi) is 3.71. The van der Waals surface area contributed by atoms with Gasteiger partial charge in [0.2, 0.25) is 5.91 Å². The molecule has 0 saturated heterocycles. The number of hydrogen-bond acceptors (Lipinski definition) is 3. The summed E-state index contributed by atoms with van der Waals surface area (Å²) >= 11 is 3.26. The van der Waals surface area contributed by atoms with Crippen LogP contribution in [0.5, 0.6) is 0 Å². The fourth-order valence-electron chi connectivity index (χ4n) is 2.10. The molecule has 1 heterocycles. The van der Waals surface area contributed by atoms with Crippen molar-refractivity contribution in [3.63, 3.8) is 0 Å². The molecular formula is C11H11BrClNO3S. The summed E-state index contributed by atoms with van der Waals surface area (Å²) in [4.78, 5) is 13.3. The molecule has 0 aromatic heterocycles. The normalized spacial score (nSPS) is 14.7. The topological polar surface area (TPSA) is 54.5 Å². The first-order chi connectivity index (χ1) is 8.34. The van der Waals surface area contributed by atoms with E-state index in [1.807, 2.05) is 6.07 Å². The molecule has 0 spiro atoms. The van der Waals surface area contributed by atoms with Gasteiger partial charge in [0.05, 0.1) is 5.69 Å². The maximum atomic E-state index is 11.8. The van der Waals surface area contributed by atoms with Crippen molar-refractivity contribution in [2.45, 2.75) is 24.7 Å². The van der Waals surface area contributed by atoms with E-state index >= 15 is 0 Å². The summed E-state index contributed by atoms with van der Waals surface area (Å²) in [5.41, 5.74) is 1.26. The Morgan fingerprint density at radius 3 is 2.72 bits per heavy atom. The minimum Gasteiger partial charge on any atom is -0.310 e. The van der Waals surface area contributed by atoms with E-state index in [0.717, 1.165) is 5.56 Å². The van der Waals surface area contributed by atoms with Crippen LogP contribution in [0.1, 0.15) is 18.9 Å². The first-order valence-electron chi connectivity index (χ1n) is 5.42. The Bertz CT molecular complexity index is 615. The Balaban J connectivity index is 2.67. The summed E-state index contributed by atoms with van der Waals surface area (Å²) in [6.45, 7) is 2.24. The molecule has 7 heteroatoms. The van der Waals surface area contributed by atoms with Crippen molar-refractivity contribution in [2.24, 2.45) is 0 Å². The van der Waals surface area contributed by atoms with Gasteiger partial charge in [-0.15, -0.1) is 0 Å². The maximum absolute atomic E-state index is 11.8. The lowest BCUT2D eigenvalue weighted by Crippen LogP contribution is -2.28. The van der Waals surface area contributed by atoms with Gasteiger partial charge in [0.25, 0.3) is 9.05 Å². The number of anilines is 1. The summed E-state index contributed by atoms with van der Waals surface area (Å²) in [6, 6.07) is 3.26. The van der Waals surface area contributed by atoms with Crippen LogP contribution in [-0.2, 0) is 20.3 Å². The Hall–Kier alpha value is -0.590. The number of amides is 1. The standard InChI is InChI=1S/C11H11BrClNO3S/c1-2-10(15)14-4-3-7-5-8(12)6-9(11(7)14)18(13,16)17/h5-6H,2-4H2,1H3. The number of carbonyl (C=O) groups excluding carboxylic acids is 1. The largest absolute Gasteiger partial charge is 0.310 e. The monoisotopic (exact) mass is 351 g/mol. The van der Waals surface area contributed by atoms with E-state index in [1.165, 1.54) is 11.0 Å². The highest BCUT2D eigenvalue weighted by Crippen LogP contribution is 2.38. The molecule has 1 aliphatic heterocycles. The molecule has 1 aliphatic rings. The molecule has 18 heavy (non-hydrogen) atoms. The number of halogens is 2. The number of hydrogen-bond donors (Lipinski definition) is 0. The van der Waals surface area contributed by atoms with E-state index in [1.54, 1.807) is 6.92 Å². The molecule has 0 fully saturated rings. The zero-order valence-electron chi connectivity index (χ0n) is 9.61. The van der Waals surface area contributed by atoms with Crippen LogP contribution in [0.25, 0.3) is 0 Å². The smallest absolute Gasteiger partial charge is 0.263 e. The molecule has 1 aromatic carbocycles. The van der Waals surface area contributed by atoms with Gasteiger partial charge in [-0.05, 0) is 24.1 Å². The fraction of sp³-hybridized carbons (Fsp3) is 0.364. The van der Waals surface area contributed by atoms with Gasteiger partial charge in [-0.25, -0.2) is 8.42 Å². The summed E-state index contributed by atoms with van der Waals surface area (Å²) in [7, 11) is 1.56. The molecule has 0 radical (unpaired) electrons. The molecule has 0 saturated carbocycles. The maximum Gasteiger partial charge on any atom is 0.263 e. The van der Waals surface area contributed by atoms with E-state index in [9.17, 15) is 13.2 Å². The number of carbonyl (C=O) groups is 1. The molecule has 0 unspecified atom stereocenters. The third-order valence-electron chi connectivity index (χ3n) is 2.86. The van der Waals surface area contributed by atoms with Crippen LogP contribution in [0.15, 0.2) is 21.5 Å². The summed E-state index contributed by atoms with van der Waals surface area (Å²) in [6.07, 6.45) is 0.969. The van der Waals surface area contributed by atoms with Gasteiger partial charge in [0, 0.05) is 28.1 Å². The van der Waals surface area contributed by atoms with Gasteiger partial charge in [0.1, 0.15) is 4.90 Å². The van der Waals surface area contributed by atoms with Crippen molar-refractivity contribution < 1.29 is 13.2 Å². The number of nitrogens with zero attached hydrogens (tertiary/aromatic N) is 1. The molecule has 0 N–H and O–H groups in total. The number of fused-ring (bicyclic) bond motifs is 1. The molecule has 4 nitrogen and oxygen atoms in total. The van der Waals surface area contributed by atoms with E-state index in [4.69, 9.17) is 10.7 Å². The summed E-state index contributed by atoms with van der Waals surface area (Å²) in [5, 5.41) is 0. The molecule has 2 rings (SSSR count). The van der Waals surface area contributed by atoms with Gasteiger partial charge < -0.3 is 4.90 Å². The lowest BCUT2D eigenvalue weighted by Gasteiger charge is -2.18. The minimum absolute atomic E-state index is 0.00663. The molecular weight excluding hydrogens is 342 g/mol. The highest BCUT2D eigenvalue weighted by atomic mass is 79.9. The molecule has 0 aliphatic carbocycles. The minimum atomic E-state index is -3.88. The molecule has 0 bridgehead atoms. The zero-order chi connectivity index (χ0) is 13.5. The van der Waals surface area contributed by atoms with Crippen LogP contribution in [-0.4, -0.2) is 20.9 Å². The molecule has 98 valence electrons. The summed E-state index contributed by atoms with van der Waals surface area (Å²) < 4.78 is 23.9. The van der Waals surface area contributed by atoms with Crippen LogP contribution in [0.2, 0.25) is 0 Å². The third kappa shape index (κ3) is 2.41. The van der Waals surface area contributed by atoms with E-state index < -0.39 is 9.05 Å². The van der Waals surface area contributed by atoms with Crippen molar-refractivity contribution in [1.82, 2.24) is 0 Å². The average molecular weight is 353 g/mol. The van der Waals surface area contributed by atoms with Crippen LogP contribution in [0.4, 0.5) is 5.69 Å². The third-order valence-corrected chi connectivity index (χ3v) is 4.65. The lowest BCUT2D eigenvalue weighted by atomic mass is 10.2. The van der Waals surface area contributed by atoms with Crippen LogP contribution in [0, 0.1) is 0 Å². The first-order valence-corrected chi connectivity index (χ1v) is 8.52. The van der Waals surface area contributed by atoms with Gasteiger partial charge in [0.15, 0.2) is 0 Å². The molecule has 1 amide bonds. The van der Waals surface area contributed by atoms with Crippen molar-refractivity contribution in [3.8, 4) is 0 Å². The predicted octanol–water partition coefficient (Wildman–Crippen LogP) is 2.68. The highest BCUT2D eigenvalue weighted by molar-refractivity contribution is 9.10. The van der Waals surface area contributed by atoms with E-state index in [2.05, 4.69) is 15.9 Å². The first kappa shape index (κ1) is 13.8. The number of benzene rings is 1. The second-order valence-corrected chi connectivity index (χ2v) is 7.45. The Morgan fingerprint density at radius 2 is 2.17 bits per heavy atom. The second-order valence-electron chi connectivity index (χ2n) is 4.00. The van der Waals surface area contributed by atoms with Crippen LogP contribution < -0.4 is 4.90 Å². The predicted molar refractivity (Wildman–Crippen MR) is 73.5 cm³/mol. The molecule has 1 aromatic rings. The number of rotatable bonds is 2. The van der Waals surface area contributed by atoms with Gasteiger partial charge in [-0.1, -0.05) is 22.9 Å². The SMILES string of the molecule is CCC(=O)N1CCc2cc(Br)cc(S(=O)(=O)Cl)c21. The van der Waals surface area contributed by atoms with E-state index in [0.29, 0.717) is 29.5 Å². The second kappa shape index (κ2) is 4.83. The highest BCUT2D eigenvalue weighted by Gasteiger charge is 2.31. The van der Waals surface area contributed by atoms with Gasteiger partial charge in [-0.3, -0.25) is 4.79 Å². The zero-order valence-corrected chi connectivity index (χ0v) is 12.8. The van der Waals surface area contributed by atoms with E-state index in [-0.39, 0.29) is 10.8 Å². The Morgan fingerprint density at radius 1 is 1.50 bits per heavy atom. The van der Waals surface area contributed by atoms with Crippen molar-refractivity contribution >= 4 is 47.3 Å². The quantitative estimate of drug-likeness (QED) is 0.769. The van der Waals surface area contributed by atoms with Crippen molar-refractivity contribution in [3.05, 3.63) is 22.2 Å². The van der Waals surface area contributed by atoms with Crippen molar-refractivity contribution in [1.29, 1.82) is 0 Å². The van der Waals surface area contributed by atoms with Crippen LogP contribution >= 0.6 is 26.6 Å².